The second kappa shape index (κ2) is 11.2. The number of alkyl carbamates (subject to hydrolysis) is 1. The third-order valence-corrected chi connectivity index (χ3v) is 4.81. The molecule has 3 aromatic rings. The Morgan fingerprint density at radius 3 is 2.03 bits per heavy atom. The highest BCUT2D eigenvalue weighted by Gasteiger charge is 2.17. The van der Waals surface area contributed by atoms with Gasteiger partial charge in [-0.05, 0) is 56.0 Å². The normalized spacial score (nSPS) is 11.0. The second-order valence-corrected chi connectivity index (χ2v) is 8.73. The first kappa shape index (κ1) is 23.9. The van der Waals surface area contributed by atoms with Crippen LogP contribution >= 0.6 is 0 Å². The summed E-state index contributed by atoms with van der Waals surface area (Å²) < 4.78 is 5.25. The van der Waals surface area contributed by atoms with Gasteiger partial charge in [0.2, 0.25) is 0 Å². The van der Waals surface area contributed by atoms with Gasteiger partial charge in [0.1, 0.15) is 5.60 Å². The molecule has 0 saturated carbocycles. The van der Waals surface area contributed by atoms with Gasteiger partial charge >= 0.3 is 12.1 Å². The van der Waals surface area contributed by atoms with E-state index in [9.17, 15) is 9.59 Å². The van der Waals surface area contributed by atoms with Crippen molar-refractivity contribution in [1.82, 2.24) is 10.6 Å². The molecular formula is C27H31N3O3. The number of amides is 3. The smallest absolute Gasteiger partial charge is 0.407 e. The molecule has 0 bridgehead atoms. The molecule has 0 heterocycles. The molecule has 0 aliphatic rings. The predicted molar refractivity (Wildman–Crippen MR) is 131 cm³/mol. The Morgan fingerprint density at radius 1 is 0.848 bits per heavy atom. The molecule has 0 unspecified atom stereocenters. The molecule has 0 fully saturated rings. The Hall–Kier alpha value is -3.80. The Kier molecular flexibility index (Phi) is 8.08. The van der Waals surface area contributed by atoms with Crippen LogP contribution in [0.2, 0.25) is 0 Å². The summed E-state index contributed by atoms with van der Waals surface area (Å²) in [5.41, 5.74) is 3.15. The van der Waals surface area contributed by atoms with Gasteiger partial charge < -0.3 is 20.7 Å². The second-order valence-electron chi connectivity index (χ2n) is 8.73. The van der Waals surface area contributed by atoms with Crippen LogP contribution in [0, 0.1) is 0 Å². The highest BCUT2D eigenvalue weighted by molar-refractivity contribution is 5.89. The number of hydrogen-bond donors (Lipinski definition) is 3. The molecule has 172 valence electrons. The molecule has 0 aliphatic heterocycles. The zero-order valence-electron chi connectivity index (χ0n) is 19.3. The first-order valence-electron chi connectivity index (χ1n) is 11.0. The summed E-state index contributed by atoms with van der Waals surface area (Å²) in [4.78, 5) is 24.6. The number of benzene rings is 3. The highest BCUT2D eigenvalue weighted by Crippen LogP contribution is 2.22. The monoisotopic (exact) mass is 445 g/mol. The van der Waals surface area contributed by atoms with Crippen LogP contribution < -0.4 is 16.0 Å². The molecule has 0 aliphatic carbocycles. The molecule has 6 heteroatoms. The molecule has 33 heavy (non-hydrogen) atoms. The molecule has 3 aromatic carbocycles. The first-order valence-corrected chi connectivity index (χ1v) is 11.0. The lowest BCUT2D eigenvalue weighted by molar-refractivity contribution is 0.0528. The van der Waals surface area contributed by atoms with Gasteiger partial charge in [-0.1, -0.05) is 72.8 Å². The third kappa shape index (κ3) is 8.00. The molecule has 3 rings (SSSR count). The molecule has 0 aromatic heterocycles. The van der Waals surface area contributed by atoms with Crippen LogP contribution in [-0.4, -0.2) is 24.3 Å². The summed E-state index contributed by atoms with van der Waals surface area (Å²) in [6.07, 6.45) is 0.177. The average Bonchev–Trinajstić information content (AvgIpc) is 2.78. The van der Waals surface area contributed by atoms with Crippen molar-refractivity contribution in [3.05, 3.63) is 102 Å². The number of urea groups is 1. The van der Waals surface area contributed by atoms with Gasteiger partial charge in [-0.2, -0.15) is 0 Å². The maximum atomic E-state index is 12.8. The maximum absolute atomic E-state index is 12.8. The van der Waals surface area contributed by atoms with Gasteiger partial charge in [0.05, 0.1) is 6.04 Å². The minimum absolute atomic E-state index is 0.270. The van der Waals surface area contributed by atoms with Gasteiger partial charge in [-0.3, -0.25) is 0 Å². The van der Waals surface area contributed by atoms with Crippen molar-refractivity contribution in [2.45, 2.75) is 38.8 Å². The molecule has 3 amide bonds. The van der Waals surface area contributed by atoms with Crippen LogP contribution in [0.3, 0.4) is 0 Å². The fourth-order valence-electron chi connectivity index (χ4n) is 3.38. The molecule has 0 spiro atoms. The van der Waals surface area contributed by atoms with E-state index in [1.807, 2.05) is 106 Å². The fraction of sp³-hybridized carbons (Fsp3) is 0.259. The van der Waals surface area contributed by atoms with Gasteiger partial charge in [-0.25, -0.2) is 9.59 Å². The SMILES string of the molecule is CC(C)(C)OC(=O)NCCc1cccc(NC(=O)NC(c2ccccc2)c2ccccc2)c1. The van der Waals surface area contributed by atoms with Crippen LogP contribution in [0.4, 0.5) is 15.3 Å². The van der Waals surface area contributed by atoms with Crippen LogP contribution in [0.1, 0.15) is 43.5 Å². The summed E-state index contributed by atoms with van der Waals surface area (Å²) in [5, 5.41) is 8.74. The number of rotatable bonds is 7. The van der Waals surface area contributed by atoms with Crippen molar-refractivity contribution in [3.63, 3.8) is 0 Å². The first-order chi connectivity index (χ1) is 15.8. The van der Waals surface area contributed by atoms with Crippen molar-refractivity contribution < 1.29 is 14.3 Å². The van der Waals surface area contributed by atoms with Gasteiger partial charge in [0.15, 0.2) is 0 Å². The predicted octanol–water partition coefficient (Wildman–Crippen LogP) is 5.66. The number of nitrogens with one attached hydrogen (secondary N) is 3. The van der Waals surface area contributed by atoms with Crippen molar-refractivity contribution in [1.29, 1.82) is 0 Å². The standard InChI is InChI=1S/C27H31N3O3/c1-27(2,3)33-26(32)28-18-17-20-11-10-16-23(19-20)29-25(31)30-24(21-12-6-4-7-13-21)22-14-8-5-9-15-22/h4-16,19,24H,17-18H2,1-3H3,(H,28,32)(H2,29,30,31). The van der Waals surface area contributed by atoms with E-state index in [-0.39, 0.29) is 12.1 Å². The van der Waals surface area contributed by atoms with E-state index in [0.29, 0.717) is 18.7 Å². The van der Waals surface area contributed by atoms with Gasteiger partial charge in [0, 0.05) is 12.2 Å². The van der Waals surface area contributed by atoms with Crippen molar-refractivity contribution >= 4 is 17.8 Å². The lowest BCUT2D eigenvalue weighted by atomic mass is 9.99. The third-order valence-electron chi connectivity index (χ3n) is 4.81. The Labute approximate surface area is 195 Å². The molecular weight excluding hydrogens is 414 g/mol. The quantitative estimate of drug-likeness (QED) is 0.439. The van der Waals surface area contributed by atoms with E-state index >= 15 is 0 Å². The van der Waals surface area contributed by atoms with E-state index in [1.165, 1.54) is 0 Å². The highest BCUT2D eigenvalue weighted by atomic mass is 16.6. The van der Waals surface area contributed by atoms with E-state index in [2.05, 4.69) is 16.0 Å². The average molecular weight is 446 g/mol. The molecule has 0 saturated heterocycles. The molecule has 6 nitrogen and oxygen atoms in total. The lowest BCUT2D eigenvalue weighted by Gasteiger charge is -2.20. The molecule has 0 atom stereocenters. The molecule has 3 N–H and O–H groups in total. The van der Waals surface area contributed by atoms with E-state index in [1.54, 1.807) is 0 Å². The maximum Gasteiger partial charge on any atom is 0.407 e. The van der Waals surface area contributed by atoms with Crippen molar-refractivity contribution in [2.24, 2.45) is 0 Å². The van der Waals surface area contributed by atoms with E-state index in [0.717, 1.165) is 16.7 Å². The zero-order chi connectivity index (χ0) is 23.7. The van der Waals surface area contributed by atoms with Crippen LogP contribution in [0.25, 0.3) is 0 Å². The Morgan fingerprint density at radius 2 is 1.45 bits per heavy atom. The van der Waals surface area contributed by atoms with Gasteiger partial charge in [0.25, 0.3) is 0 Å². The summed E-state index contributed by atoms with van der Waals surface area (Å²) in [6.45, 7) is 5.92. The van der Waals surface area contributed by atoms with Crippen LogP contribution in [0.15, 0.2) is 84.9 Å². The van der Waals surface area contributed by atoms with Crippen LogP contribution in [0.5, 0.6) is 0 Å². The van der Waals surface area contributed by atoms with Crippen molar-refractivity contribution in [3.8, 4) is 0 Å². The largest absolute Gasteiger partial charge is 0.444 e. The molecule has 0 radical (unpaired) electrons. The summed E-state index contributed by atoms with van der Waals surface area (Å²) in [6, 6.07) is 26.7. The number of carbonyl (C=O) groups is 2. The fourth-order valence-corrected chi connectivity index (χ4v) is 3.38. The lowest BCUT2D eigenvalue weighted by Crippen LogP contribution is -2.33. The number of carbonyl (C=O) groups excluding carboxylic acids is 2. The summed E-state index contributed by atoms with van der Waals surface area (Å²) in [5.74, 6) is 0. The van der Waals surface area contributed by atoms with E-state index in [4.69, 9.17) is 4.74 Å². The number of anilines is 1. The van der Waals surface area contributed by atoms with Crippen LogP contribution in [-0.2, 0) is 11.2 Å². The summed E-state index contributed by atoms with van der Waals surface area (Å²) >= 11 is 0. The Bertz CT molecular complexity index is 1010. The number of ether oxygens (including phenoxy) is 1. The Balaban J connectivity index is 1.60. The van der Waals surface area contributed by atoms with Gasteiger partial charge in [-0.15, -0.1) is 0 Å². The van der Waals surface area contributed by atoms with E-state index < -0.39 is 11.7 Å². The topological polar surface area (TPSA) is 79.5 Å². The summed E-state index contributed by atoms with van der Waals surface area (Å²) in [7, 11) is 0. The minimum Gasteiger partial charge on any atom is -0.444 e. The number of hydrogen-bond acceptors (Lipinski definition) is 3. The van der Waals surface area contributed by atoms with Crippen molar-refractivity contribution in [2.75, 3.05) is 11.9 Å². The minimum atomic E-state index is -0.529. The zero-order valence-corrected chi connectivity index (χ0v) is 19.3.